The Kier molecular flexibility index (Phi) is 7.24. The summed E-state index contributed by atoms with van der Waals surface area (Å²) in [5.74, 6) is 2.20. The fraction of sp³-hybridized carbons (Fsp3) is 0.739. The molecule has 0 aliphatic heterocycles. The van der Waals surface area contributed by atoms with Crippen LogP contribution in [0.5, 0.6) is 0 Å². The highest BCUT2D eigenvalue weighted by molar-refractivity contribution is 5.26. The maximum absolute atomic E-state index is 12.5. The van der Waals surface area contributed by atoms with Crippen molar-refractivity contribution in [1.29, 1.82) is 0 Å². The Labute approximate surface area is 161 Å². The predicted molar refractivity (Wildman–Crippen MR) is 103 cm³/mol. The van der Waals surface area contributed by atoms with Crippen LogP contribution in [0.15, 0.2) is 24.3 Å². The fourth-order valence-corrected chi connectivity index (χ4v) is 5.07. The van der Waals surface area contributed by atoms with Crippen molar-refractivity contribution in [1.82, 2.24) is 0 Å². The zero-order valence-corrected chi connectivity index (χ0v) is 16.4. The Morgan fingerprint density at radius 1 is 0.852 bits per heavy atom. The van der Waals surface area contributed by atoms with Gasteiger partial charge < -0.3 is 4.74 Å². The van der Waals surface area contributed by atoms with Gasteiger partial charge in [0, 0.05) is 6.61 Å². The summed E-state index contributed by atoms with van der Waals surface area (Å²) in [7, 11) is 0. The number of ether oxygens (including phenoxy) is 1. The molecule has 1 nitrogen and oxygen atoms in total. The van der Waals surface area contributed by atoms with E-state index in [-0.39, 0.29) is 0 Å². The molecule has 1 aromatic rings. The molecule has 27 heavy (non-hydrogen) atoms. The molecule has 152 valence electrons. The number of benzene rings is 1. The standard InChI is InChI=1S/C23H33F3O/c1-2-15-27-22-13-11-21(12-14-22)20-9-7-19(8-10-20)18-5-3-17(4-6-18)16-23(24,25)26/h3-6,19-22H,2,7-16H2,1H3/t19?,20?,21-,22-. The second kappa shape index (κ2) is 9.45. The van der Waals surface area contributed by atoms with Crippen molar-refractivity contribution >= 4 is 0 Å². The molecule has 0 unspecified atom stereocenters. The van der Waals surface area contributed by atoms with Crippen molar-refractivity contribution in [3.63, 3.8) is 0 Å². The number of alkyl halides is 3. The summed E-state index contributed by atoms with van der Waals surface area (Å²) >= 11 is 0. The Balaban J connectivity index is 1.44. The van der Waals surface area contributed by atoms with Crippen LogP contribution in [0.1, 0.15) is 81.8 Å². The fourth-order valence-electron chi connectivity index (χ4n) is 5.07. The van der Waals surface area contributed by atoms with Gasteiger partial charge in [-0.15, -0.1) is 0 Å². The Morgan fingerprint density at radius 2 is 1.41 bits per heavy atom. The summed E-state index contributed by atoms with van der Waals surface area (Å²) in [5.41, 5.74) is 1.58. The third kappa shape index (κ3) is 6.23. The smallest absolute Gasteiger partial charge is 0.378 e. The normalized spacial score (nSPS) is 29.6. The second-order valence-electron chi connectivity index (χ2n) is 8.55. The van der Waals surface area contributed by atoms with Gasteiger partial charge in [-0.1, -0.05) is 31.2 Å². The molecule has 0 saturated heterocycles. The Bertz CT molecular complexity index is 550. The predicted octanol–water partition coefficient (Wildman–Crippen LogP) is 7.05. The highest BCUT2D eigenvalue weighted by atomic mass is 19.4. The number of hydrogen-bond donors (Lipinski definition) is 0. The van der Waals surface area contributed by atoms with Crippen LogP contribution in [-0.2, 0) is 11.2 Å². The summed E-state index contributed by atoms with van der Waals surface area (Å²) in [5, 5.41) is 0. The third-order valence-electron chi connectivity index (χ3n) is 6.57. The molecule has 0 radical (unpaired) electrons. The maximum Gasteiger partial charge on any atom is 0.393 e. The van der Waals surface area contributed by atoms with Crippen molar-refractivity contribution < 1.29 is 17.9 Å². The average molecular weight is 383 g/mol. The van der Waals surface area contributed by atoms with Crippen LogP contribution >= 0.6 is 0 Å². The largest absolute Gasteiger partial charge is 0.393 e. The minimum absolute atomic E-state index is 0.363. The molecule has 2 fully saturated rings. The first-order valence-corrected chi connectivity index (χ1v) is 10.7. The molecule has 1 aromatic carbocycles. The molecule has 0 amide bonds. The van der Waals surface area contributed by atoms with Gasteiger partial charge in [-0.05, 0) is 86.7 Å². The maximum atomic E-state index is 12.5. The lowest BCUT2D eigenvalue weighted by Crippen LogP contribution is -2.28. The van der Waals surface area contributed by atoms with E-state index in [4.69, 9.17) is 4.74 Å². The van der Waals surface area contributed by atoms with Gasteiger partial charge in [0.1, 0.15) is 0 Å². The molecule has 2 aliphatic rings. The minimum Gasteiger partial charge on any atom is -0.378 e. The summed E-state index contributed by atoms with van der Waals surface area (Å²) in [6, 6.07) is 7.16. The molecule has 2 saturated carbocycles. The summed E-state index contributed by atoms with van der Waals surface area (Å²) in [6.07, 6.45) is 6.53. The van der Waals surface area contributed by atoms with Gasteiger partial charge in [-0.3, -0.25) is 0 Å². The number of rotatable bonds is 6. The zero-order valence-electron chi connectivity index (χ0n) is 16.4. The minimum atomic E-state index is -4.12. The highest BCUT2D eigenvalue weighted by Gasteiger charge is 2.32. The first-order chi connectivity index (χ1) is 12.9. The van der Waals surface area contributed by atoms with E-state index in [9.17, 15) is 13.2 Å². The second-order valence-corrected chi connectivity index (χ2v) is 8.55. The third-order valence-corrected chi connectivity index (χ3v) is 6.57. The lowest BCUT2D eigenvalue weighted by atomic mass is 9.69. The van der Waals surface area contributed by atoms with E-state index >= 15 is 0 Å². The summed E-state index contributed by atoms with van der Waals surface area (Å²) in [6.45, 7) is 3.05. The van der Waals surface area contributed by atoms with Crippen LogP contribution in [0.25, 0.3) is 0 Å². The monoisotopic (exact) mass is 382 g/mol. The van der Waals surface area contributed by atoms with Crippen LogP contribution in [0.3, 0.4) is 0 Å². The first kappa shape index (κ1) is 20.7. The van der Waals surface area contributed by atoms with E-state index < -0.39 is 12.6 Å². The van der Waals surface area contributed by atoms with E-state index in [0.717, 1.165) is 24.9 Å². The van der Waals surface area contributed by atoms with E-state index in [2.05, 4.69) is 6.92 Å². The molecule has 0 spiro atoms. The van der Waals surface area contributed by atoms with Gasteiger partial charge in [0.2, 0.25) is 0 Å². The lowest BCUT2D eigenvalue weighted by molar-refractivity contribution is -0.127. The van der Waals surface area contributed by atoms with Crippen LogP contribution in [0, 0.1) is 11.8 Å². The van der Waals surface area contributed by atoms with E-state index in [1.807, 2.05) is 12.1 Å². The quantitative estimate of drug-likeness (QED) is 0.512. The van der Waals surface area contributed by atoms with E-state index in [1.54, 1.807) is 12.1 Å². The number of hydrogen-bond acceptors (Lipinski definition) is 1. The summed E-state index contributed by atoms with van der Waals surface area (Å²) in [4.78, 5) is 0. The van der Waals surface area contributed by atoms with Gasteiger partial charge in [0.15, 0.2) is 0 Å². The van der Waals surface area contributed by atoms with E-state index in [0.29, 0.717) is 17.6 Å². The molecule has 0 aromatic heterocycles. The molecule has 4 heteroatoms. The SMILES string of the molecule is CCCO[C@H]1CC[C@H](C2CCC(c3ccc(CC(F)(F)F)cc3)CC2)CC1. The van der Waals surface area contributed by atoms with Crippen molar-refractivity contribution in [2.24, 2.45) is 11.8 Å². The molecular weight excluding hydrogens is 349 g/mol. The Hall–Kier alpha value is -1.03. The van der Waals surface area contributed by atoms with Gasteiger partial charge in [-0.2, -0.15) is 13.2 Å². The molecule has 3 rings (SSSR count). The van der Waals surface area contributed by atoms with Gasteiger partial charge >= 0.3 is 6.18 Å². The topological polar surface area (TPSA) is 9.23 Å². The van der Waals surface area contributed by atoms with Crippen LogP contribution in [-0.4, -0.2) is 18.9 Å². The van der Waals surface area contributed by atoms with Crippen LogP contribution in [0.2, 0.25) is 0 Å². The molecule has 0 atom stereocenters. The molecule has 0 N–H and O–H groups in total. The summed E-state index contributed by atoms with van der Waals surface area (Å²) < 4.78 is 43.4. The van der Waals surface area contributed by atoms with E-state index in [1.165, 1.54) is 56.9 Å². The van der Waals surface area contributed by atoms with Crippen molar-refractivity contribution in [2.75, 3.05) is 6.61 Å². The molecular formula is C23H33F3O. The van der Waals surface area contributed by atoms with Crippen molar-refractivity contribution in [3.8, 4) is 0 Å². The van der Waals surface area contributed by atoms with Gasteiger partial charge in [-0.25, -0.2) is 0 Å². The molecule has 0 heterocycles. The number of halogens is 3. The van der Waals surface area contributed by atoms with Crippen LogP contribution < -0.4 is 0 Å². The van der Waals surface area contributed by atoms with Crippen LogP contribution in [0.4, 0.5) is 13.2 Å². The van der Waals surface area contributed by atoms with Gasteiger partial charge in [0.25, 0.3) is 0 Å². The van der Waals surface area contributed by atoms with Crippen molar-refractivity contribution in [3.05, 3.63) is 35.4 Å². The Morgan fingerprint density at radius 3 is 1.93 bits per heavy atom. The van der Waals surface area contributed by atoms with Gasteiger partial charge in [0.05, 0.1) is 12.5 Å². The first-order valence-electron chi connectivity index (χ1n) is 10.7. The molecule has 2 aliphatic carbocycles. The average Bonchev–Trinajstić information content (AvgIpc) is 2.66. The lowest BCUT2D eigenvalue weighted by Gasteiger charge is -2.38. The van der Waals surface area contributed by atoms with Crippen molar-refractivity contribution in [2.45, 2.75) is 89.3 Å². The highest BCUT2D eigenvalue weighted by Crippen LogP contribution is 2.43. The zero-order chi connectivity index (χ0) is 19.3. The molecule has 0 bridgehead atoms.